The number of thiazole rings is 1. The maximum atomic E-state index is 13.3. The summed E-state index contributed by atoms with van der Waals surface area (Å²) < 4.78 is 38.1. The van der Waals surface area contributed by atoms with Gasteiger partial charge >= 0.3 is 4.87 Å². The predicted octanol–water partition coefficient (Wildman–Crippen LogP) is 4.44. The van der Waals surface area contributed by atoms with Gasteiger partial charge in [-0.1, -0.05) is 43.4 Å². The smallest absolute Gasteiger partial charge is 0.308 e. The van der Waals surface area contributed by atoms with E-state index in [4.69, 9.17) is 4.74 Å². The number of para-hydroxylation sites is 1. The molecule has 6 nitrogen and oxygen atoms in total. The van der Waals surface area contributed by atoms with Gasteiger partial charge in [-0.05, 0) is 44.0 Å². The van der Waals surface area contributed by atoms with Gasteiger partial charge in [-0.2, -0.15) is 0 Å². The zero-order chi connectivity index (χ0) is 21.5. The Hall–Kier alpha value is -2.16. The van der Waals surface area contributed by atoms with E-state index in [2.05, 4.69) is 18.6 Å². The van der Waals surface area contributed by atoms with Crippen molar-refractivity contribution in [3.8, 4) is 5.75 Å². The van der Waals surface area contributed by atoms with Gasteiger partial charge in [0.1, 0.15) is 11.4 Å². The SMILES string of the molecule is CCn1c(=O)sc2cc(S(=O)(=O)NC3CC(CC)(CC)Oc4ccccc43)ccc21. The van der Waals surface area contributed by atoms with Crippen LogP contribution in [0.15, 0.2) is 52.2 Å². The van der Waals surface area contributed by atoms with Crippen LogP contribution in [0.1, 0.15) is 51.6 Å². The lowest BCUT2D eigenvalue weighted by atomic mass is 9.84. The first kappa shape index (κ1) is 21.1. The lowest BCUT2D eigenvalue weighted by molar-refractivity contribution is 0.0260. The van der Waals surface area contributed by atoms with Crippen LogP contribution in [0, 0.1) is 0 Å². The molecule has 1 aliphatic heterocycles. The summed E-state index contributed by atoms with van der Waals surface area (Å²) in [5.74, 6) is 0.730. The van der Waals surface area contributed by atoms with Crippen LogP contribution in [0.3, 0.4) is 0 Å². The summed E-state index contributed by atoms with van der Waals surface area (Å²) in [6.45, 7) is 6.59. The molecular formula is C22H26N2O4S2. The van der Waals surface area contributed by atoms with Gasteiger partial charge in [-0.25, -0.2) is 13.1 Å². The van der Waals surface area contributed by atoms with E-state index in [1.54, 1.807) is 22.8 Å². The van der Waals surface area contributed by atoms with Crippen molar-refractivity contribution >= 4 is 31.6 Å². The molecule has 1 aliphatic rings. The predicted molar refractivity (Wildman–Crippen MR) is 120 cm³/mol. The Morgan fingerprint density at radius 1 is 1.17 bits per heavy atom. The number of sulfonamides is 1. The fraction of sp³-hybridized carbons (Fsp3) is 0.409. The molecule has 0 spiro atoms. The van der Waals surface area contributed by atoms with Crippen LogP contribution in [0.25, 0.3) is 10.2 Å². The number of benzene rings is 2. The molecule has 160 valence electrons. The molecule has 0 aliphatic carbocycles. The van der Waals surface area contributed by atoms with E-state index in [-0.39, 0.29) is 15.8 Å². The zero-order valence-electron chi connectivity index (χ0n) is 17.3. The van der Waals surface area contributed by atoms with Crippen LogP contribution in [-0.4, -0.2) is 18.6 Å². The second-order valence-electron chi connectivity index (χ2n) is 7.65. The lowest BCUT2D eigenvalue weighted by Gasteiger charge is -2.41. The minimum absolute atomic E-state index is 0.0796. The molecule has 0 bridgehead atoms. The summed E-state index contributed by atoms with van der Waals surface area (Å²) in [6, 6.07) is 12.1. The number of aryl methyl sites for hydroxylation is 1. The molecule has 30 heavy (non-hydrogen) atoms. The quantitative estimate of drug-likeness (QED) is 0.607. The lowest BCUT2D eigenvalue weighted by Crippen LogP contribution is -2.44. The standard InChI is InChI=1S/C22H26N2O4S2/c1-4-22(5-2)14-17(16-9-7-8-10-19(16)28-22)23-30(26,27)15-11-12-18-20(13-15)29-21(25)24(18)6-3/h7-13,17,23H,4-6,14H2,1-3H3. The average Bonchev–Trinajstić information content (AvgIpc) is 3.07. The van der Waals surface area contributed by atoms with E-state index in [0.717, 1.165) is 41.0 Å². The van der Waals surface area contributed by atoms with Crippen LogP contribution >= 0.6 is 11.3 Å². The molecule has 1 aromatic heterocycles. The highest BCUT2D eigenvalue weighted by Crippen LogP contribution is 2.43. The van der Waals surface area contributed by atoms with Crippen molar-refractivity contribution in [2.24, 2.45) is 0 Å². The third-order valence-corrected chi connectivity index (χ3v) is 8.46. The van der Waals surface area contributed by atoms with E-state index in [0.29, 0.717) is 17.7 Å². The van der Waals surface area contributed by atoms with Crippen LogP contribution in [0.5, 0.6) is 5.75 Å². The number of nitrogens with zero attached hydrogens (tertiary/aromatic N) is 1. The van der Waals surface area contributed by atoms with Gasteiger partial charge in [0.15, 0.2) is 0 Å². The van der Waals surface area contributed by atoms with E-state index < -0.39 is 15.6 Å². The topological polar surface area (TPSA) is 77.4 Å². The second-order valence-corrected chi connectivity index (χ2v) is 10.4. The van der Waals surface area contributed by atoms with Crippen molar-refractivity contribution in [3.05, 3.63) is 57.7 Å². The second kappa shape index (κ2) is 7.83. The maximum Gasteiger partial charge on any atom is 0.308 e. The maximum absolute atomic E-state index is 13.3. The molecular weight excluding hydrogens is 420 g/mol. The monoisotopic (exact) mass is 446 g/mol. The Labute approximate surface area is 180 Å². The highest BCUT2D eigenvalue weighted by atomic mass is 32.2. The van der Waals surface area contributed by atoms with Crippen molar-refractivity contribution < 1.29 is 13.2 Å². The van der Waals surface area contributed by atoms with Gasteiger partial charge in [-0.3, -0.25) is 9.36 Å². The summed E-state index contributed by atoms with van der Waals surface area (Å²) in [6.07, 6.45) is 2.15. The summed E-state index contributed by atoms with van der Waals surface area (Å²) >= 11 is 1.07. The van der Waals surface area contributed by atoms with Gasteiger partial charge in [0.05, 0.1) is 21.2 Å². The van der Waals surface area contributed by atoms with Crippen molar-refractivity contribution in [1.29, 1.82) is 0 Å². The normalized spacial score (nSPS) is 18.2. The average molecular weight is 447 g/mol. The van der Waals surface area contributed by atoms with E-state index in [9.17, 15) is 13.2 Å². The third-order valence-electron chi connectivity index (χ3n) is 6.05. The number of aromatic nitrogens is 1. The van der Waals surface area contributed by atoms with Gasteiger partial charge in [0.25, 0.3) is 0 Å². The minimum Gasteiger partial charge on any atom is -0.487 e. The van der Waals surface area contributed by atoms with Crippen LogP contribution in [0.4, 0.5) is 0 Å². The molecule has 1 N–H and O–H groups in total. The van der Waals surface area contributed by atoms with Gasteiger partial charge in [0, 0.05) is 18.5 Å². The highest BCUT2D eigenvalue weighted by Gasteiger charge is 2.40. The largest absolute Gasteiger partial charge is 0.487 e. The summed E-state index contributed by atoms with van der Waals surface area (Å²) in [5.41, 5.74) is 1.21. The summed E-state index contributed by atoms with van der Waals surface area (Å²) in [4.78, 5) is 12.2. The number of hydrogen-bond acceptors (Lipinski definition) is 5. The van der Waals surface area contributed by atoms with Crippen molar-refractivity contribution in [2.45, 2.75) is 63.1 Å². The molecule has 0 saturated heterocycles. The summed E-state index contributed by atoms with van der Waals surface area (Å²) in [5, 5.41) is 0. The minimum atomic E-state index is -3.78. The highest BCUT2D eigenvalue weighted by molar-refractivity contribution is 7.89. The van der Waals surface area contributed by atoms with Gasteiger partial charge < -0.3 is 4.74 Å². The fourth-order valence-corrected chi connectivity index (χ4v) is 6.49. The van der Waals surface area contributed by atoms with Crippen LogP contribution in [0.2, 0.25) is 0 Å². The number of fused-ring (bicyclic) bond motifs is 2. The molecule has 8 heteroatoms. The molecule has 1 unspecified atom stereocenters. The van der Waals surface area contributed by atoms with E-state index >= 15 is 0 Å². The molecule has 1 atom stereocenters. The zero-order valence-corrected chi connectivity index (χ0v) is 19.0. The third kappa shape index (κ3) is 3.57. The first-order valence-electron chi connectivity index (χ1n) is 10.3. The molecule has 0 saturated carbocycles. The molecule has 3 aromatic rings. The van der Waals surface area contributed by atoms with Crippen molar-refractivity contribution in [2.75, 3.05) is 0 Å². The Bertz CT molecular complexity index is 1240. The fourth-order valence-electron chi connectivity index (χ4n) is 4.18. The van der Waals surface area contributed by atoms with Crippen LogP contribution < -0.4 is 14.3 Å². The molecule has 0 fully saturated rings. The first-order valence-corrected chi connectivity index (χ1v) is 12.6. The van der Waals surface area contributed by atoms with Crippen LogP contribution in [-0.2, 0) is 16.6 Å². The Morgan fingerprint density at radius 3 is 2.60 bits per heavy atom. The Balaban J connectivity index is 1.72. The Morgan fingerprint density at radius 2 is 1.90 bits per heavy atom. The van der Waals surface area contributed by atoms with E-state index in [1.807, 2.05) is 31.2 Å². The molecule has 4 rings (SSSR count). The van der Waals surface area contributed by atoms with Gasteiger partial charge in [-0.15, -0.1) is 0 Å². The number of hydrogen-bond donors (Lipinski definition) is 1. The van der Waals surface area contributed by atoms with Gasteiger partial charge in [0.2, 0.25) is 10.0 Å². The first-order chi connectivity index (χ1) is 14.3. The molecule has 0 radical (unpaired) electrons. The van der Waals surface area contributed by atoms with Crippen molar-refractivity contribution in [1.82, 2.24) is 9.29 Å². The number of rotatable bonds is 6. The Kier molecular flexibility index (Phi) is 5.50. The summed E-state index contributed by atoms with van der Waals surface area (Å²) in [7, 11) is -3.78. The molecule has 2 heterocycles. The van der Waals surface area contributed by atoms with Crippen molar-refractivity contribution in [3.63, 3.8) is 0 Å². The number of nitrogens with one attached hydrogen (secondary N) is 1. The van der Waals surface area contributed by atoms with E-state index in [1.165, 1.54) is 0 Å². The molecule has 0 amide bonds. The number of ether oxygens (including phenoxy) is 1. The molecule has 2 aromatic carbocycles.